The first-order chi connectivity index (χ1) is 12.1. The Hall–Kier alpha value is -1.88. The average molecular weight is 347 g/mol. The molecule has 1 atom stereocenters. The Morgan fingerprint density at radius 1 is 1.12 bits per heavy atom. The van der Waals surface area contributed by atoms with Gasteiger partial charge in [-0.1, -0.05) is 30.3 Å². The van der Waals surface area contributed by atoms with Gasteiger partial charge in [-0.15, -0.1) is 0 Å². The van der Waals surface area contributed by atoms with E-state index in [-0.39, 0.29) is 13.2 Å². The summed E-state index contributed by atoms with van der Waals surface area (Å²) in [6.07, 6.45) is 2.61. The number of hydrogen-bond donors (Lipinski definition) is 0. The fraction of sp³-hybridized carbons (Fsp3) is 0.600. The lowest BCUT2D eigenvalue weighted by Crippen LogP contribution is -2.38. The Kier molecular flexibility index (Phi) is 7.92. The number of benzene rings is 1. The van der Waals surface area contributed by atoms with Gasteiger partial charge in [-0.25, -0.2) is 0 Å². The van der Waals surface area contributed by atoms with Crippen LogP contribution in [0.25, 0.3) is 0 Å². The van der Waals surface area contributed by atoms with Crippen molar-refractivity contribution in [1.29, 1.82) is 0 Å². The highest BCUT2D eigenvalue weighted by Gasteiger charge is 2.33. The van der Waals surface area contributed by atoms with Gasteiger partial charge in [-0.3, -0.25) is 14.5 Å². The summed E-state index contributed by atoms with van der Waals surface area (Å²) in [5.74, 6) is -1.42. The van der Waals surface area contributed by atoms with Crippen LogP contribution >= 0.6 is 0 Å². The van der Waals surface area contributed by atoms with E-state index in [1.54, 1.807) is 13.8 Å². The van der Waals surface area contributed by atoms with Crippen LogP contribution in [0.1, 0.15) is 38.7 Å². The van der Waals surface area contributed by atoms with E-state index in [0.29, 0.717) is 12.3 Å². The second kappa shape index (κ2) is 10.2. The molecule has 0 N–H and O–H groups in total. The maximum Gasteiger partial charge on any atom is 0.320 e. The molecule has 0 bridgehead atoms. The monoisotopic (exact) mass is 347 g/mol. The molecule has 1 saturated heterocycles. The standard InChI is InChI=1S/C20H29NO4/c1-3-24-19(22)18(20(23)25-4-2)13-17-11-8-12-21(15-17)14-16-9-6-5-7-10-16/h5-7,9-10,17-18H,3-4,8,11-15H2,1-2H3. The van der Waals surface area contributed by atoms with E-state index < -0.39 is 17.9 Å². The molecule has 138 valence electrons. The van der Waals surface area contributed by atoms with Gasteiger partial charge in [0, 0.05) is 13.1 Å². The molecule has 2 rings (SSSR count). The second-order valence-electron chi connectivity index (χ2n) is 6.52. The molecule has 0 radical (unpaired) electrons. The van der Waals surface area contributed by atoms with E-state index >= 15 is 0 Å². The summed E-state index contributed by atoms with van der Waals surface area (Å²) in [7, 11) is 0. The second-order valence-corrected chi connectivity index (χ2v) is 6.52. The highest BCUT2D eigenvalue weighted by Crippen LogP contribution is 2.26. The third-order valence-electron chi connectivity index (χ3n) is 4.56. The molecule has 25 heavy (non-hydrogen) atoms. The lowest BCUT2D eigenvalue weighted by molar-refractivity contribution is -0.162. The van der Waals surface area contributed by atoms with Crippen LogP contribution in [0.15, 0.2) is 30.3 Å². The molecule has 1 unspecified atom stereocenters. The number of likely N-dealkylation sites (tertiary alicyclic amines) is 1. The van der Waals surface area contributed by atoms with Crippen molar-refractivity contribution >= 4 is 11.9 Å². The highest BCUT2D eigenvalue weighted by atomic mass is 16.6. The van der Waals surface area contributed by atoms with Crippen molar-refractivity contribution < 1.29 is 19.1 Å². The Labute approximate surface area is 150 Å². The molecule has 1 aliphatic rings. The van der Waals surface area contributed by atoms with E-state index in [1.165, 1.54) is 5.56 Å². The van der Waals surface area contributed by atoms with Gasteiger partial charge in [0.2, 0.25) is 0 Å². The van der Waals surface area contributed by atoms with Gasteiger partial charge in [-0.05, 0) is 51.1 Å². The van der Waals surface area contributed by atoms with Crippen molar-refractivity contribution in [3.05, 3.63) is 35.9 Å². The van der Waals surface area contributed by atoms with Crippen molar-refractivity contribution in [2.24, 2.45) is 11.8 Å². The van der Waals surface area contributed by atoms with Crippen LogP contribution in [0.4, 0.5) is 0 Å². The van der Waals surface area contributed by atoms with Crippen LogP contribution in [0.2, 0.25) is 0 Å². The van der Waals surface area contributed by atoms with Gasteiger partial charge in [0.25, 0.3) is 0 Å². The minimum absolute atomic E-state index is 0.277. The minimum Gasteiger partial charge on any atom is -0.465 e. The molecule has 1 heterocycles. The molecular formula is C20H29NO4. The Bertz CT molecular complexity index is 528. The van der Waals surface area contributed by atoms with Gasteiger partial charge in [-0.2, -0.15) is 0 Å². The third-order valence-corrected chi connectivity index (χ3v) is 4.56. The molecule has 0 saturated carbocycles. The molecule has 5 heteroatoms. The fourth-order valence-corrected chi connectivity index (χ4v) is 3.44. The number of carbonyl (C=O) groups is 2. The quantitative estimate of drug-likeness (QED) is 0.534. The lowest BCUT2D eigenvalue weighted by atomic mass is 9.88. The molecule has 0 aliphatic carbocycles. The SMILES string of the molecule is CCOC(=O)C(CC1CCCN(Cc2ccccc2)C1)C(=O)OCC. The van der Waals surface area contributed by atoms with Crippen LogP contribution in [0, 0.1) is 11.8 Å². The number of rotatable bonds is 8. The third kappa shape index (κ3) is 6.16. The van der Waals surface area contributed by atoms with Crippen molar-refractivity contribution in [1.82, 2.24) is 4.90 Å². The zero-order chi connectivity index (χ0) is 18.1. The molecule has 0 amide bonds. The topological polar surface area (TPSA) is 55.8 Å². The smallest absolute Gasteiger partial charge is 0.320 e. The first kappa shape index (κ1) is 19.4. The largest absolute Gasteiger partial charge is 0.465 e. The Balaban J connectivity index is 1.95. The maximum absolute atomic E-state index is 12.2. The van der Waals surface area contributed by atoms with E-state index in [0.717, 1.165) is 32.5 Å². The summed E-state index contributed by atoms with van der Waals surface area (Å²) < 4.78 is 10.2. The van der Waals surface area contributed by atoms with Crippen molar-refractivity contribution in [2.75, 3.05) is 26.3 Å². The molecule has 1 aromatic carbocycles. The van der Waals surface area contributed by atoms with E-state index in [2.05, 4.69) is 17.0 Å². The van der Waals surface area contributed by atoms with Crippen LogP contribution in [0.5, 0.6) is 0 Å². The van der Waals surface area contributed by atoms with E-state index in [9.17, 15) is 9.59 Å². The summed E-state index contributed by atoms with van der Waals surface area (Å²) >= 11 is 0. The molecular weight excluding hydrogens is 318 g/mol. The summed E-state index contributed by atoms with van der Waals surface area (Å²) in [5, 5.41) is 0. The maximum atomic E-state index is 12.2. The summed E-state index contributed by atoms with van der Waals surface area (Å²) in [4.78, 5) is 26.7. The Morgan fingerprint density at radius 2 is 1.76 bits per heavy atom. The van der Waals surface area contributed by atoms with Crippen LogP contribution in [0.3, 0.4) is 0 Å². The number of hydrogen-bond acceptors (Lipinski definition) is 5. The van der Waals surface area contributed by atoms with Crippen LogP contribution < -0.4 is 0 Å². The van der Waals surface area contributed by atoms with Crippen molar-refractivity contribution in [2.45, 2.75) is 39.7 Å². The van der Waals surface area contributed by atoms with Crippen molar-refractivity contribution in [3.63, 3.8) is 0 Å². The first-order valence-corrected chi connectivity index (χ1v) is 9.23. The molecule has 1 fully saturated rings. The normalized spacial score (nSPS) is 18.1. The summed E-state index contributed by atoms with van der Waals surface area (Å²) in [6, 6.07) is 10.4. The van der Waals surface area contributed by atoms with Gasteiger partial charge in [0.1, 0.15) is 0 Å². The number of ether oxygens (including phenoxy) is 2. The summed E-state index contributed by atoms with van der Waals surface area (Å²) in [5.41, 5.74) is 1.29. The fourth-order valence-electron chi connectivity index (χ4n) is 3.44. The highest BCUT2D eigenvalue weighted by molar-refractivity contribution is 5.94. The number of nitrogens with zero attached hydrogens (tertiary/aromatic N) is 1. The predicted molar refractivity (Wildman–Crippen MR) is 95.8 cm³/mol. The number of piperidine rings is 1. The molecule has 1 aliphatic heterocycles. The van der Waals surface area contributed by atoms with Gasteiger partial charge in [0.15, 0.2) is 5.92 Å². The number of esters is 2. The van der Waals surface area contributed by atoms with Crippen LogP contribution in [-0.2, 0) is 25.6 Å². The average Bonchev–Trinajstić information content (AvgIpc) is 2.61. The molecule has 1 aromatic rings. The van der Waals surface area contributed by atoms with E-state index in [4.69, 9.17) is 9.47 Å². The zero-order valence-electron chi connectivity index (χ0n) is 15.3. The minimum atomic E-state index is -0.804. The van der Waals surface area contributed by atoms with Gasteiger partial charge >= 0.3 is 11.9 Å². The zero-order valence-corrected chi connectivity index (χ0v) is 15.3. The Morgan fingerprint density at radius 3 is 2.36 bits per heavy atom. The predicted octanol–water partition coefficient (Wildman–Crippen LogP) is 3.03. The first-order valence-electron chi connectivity index (χ1n) is 9.23. The summed E-state index contributed by atoms with van der Waals surface area (Å²) in [6.45, 7) is 6.91. The van der Waals surface area contributed by atoms with Crippen LogP contribution in [-0.4, -0.2) is 43.1 Å². The number of carbonyl (C=O) groups excluding carboxylic acids is 2. The van der Waals surface area contributed by atoms with E-state index in [1.807, 2.05) is 18.2 Å². The van der Waals surface area contributed by atoms with Crippen molar-refractivity contribution in [3.8, 4) is 0 Å². The molecule has 0 spiro atoms. The van der Waals surface area contributed by atoms with Gasteiger partial charge in [0.05, 0.1) is 13.2 Å². The molecule has 0 aromatic heterocycles. The molecule has 5 nitrogen and oxygen atoms in total. The van der Waals surface area contributed by atoms with Gasteiger partial charge < -0.3 is 9.47 Å². The lowest BCUT2D eigenvalue weighted by Gasteiger charge is -2.33.